The number of phenols is 1. The van der Waals surface area contributed by atoms with E-state index in [4.69, 9.17) is 11.5 Å². The number of hydrogen-bond acceptors (Lipinski definition) is 5. The molecule has 3 amide bonds. The van der Waals surface area contributed by atoms with Gasteiger partial charge in [0, 0.05) is 26.9 Å². The molecule has 0 bridgehead atoms. The lowest BCUT2D eigenvalue weighted by Gasteiger charge is -2.35. The number of benzene rings is 3. The molecule has 0 unspecified atom stereocenters. The molecule has 0 spiro atoms. The third kappa shape index (κ3) is 8.61. The number of primary amides is 1. The van der Waals surface area contributed by atoms with Gasteiger partial charge in [-0.05, 0) is 64.4 Å². The minimum Gasteiger partial charge on any atom is -0.508 e. The van der Waals surface area contributed by atoms with Gasteiger partial charge in [-0.25, -0.2) is 8.78 Å². The van der Waals surface area contributed by atoms with Crippen molar-refractivity contribution in [3.63, 3.8) is 0 Å². The summed E-state index contributed by atoms with van der Waals surface area (Å²) < 4.78 is 27.0. The Balaban J connectivity index is 1.90. The van der Waals surface area contributed by atoms with Crippen molar-refractivity contribution in [1.29, 1.82) is 0 Å². The highest BCUT2D eigenvalue weighted by Crippen LogP contribution is 2.31. The van der Waals surface area contributed by atoms with Gasteiger partial charge in [0.05, 0.1) is 6.04 Å². The molecule has 0 aromatic heterocycles. The number of phenolic OH excluding ortho intramolecular Hbond substituents is 1. The van der Waals surface area contributed by atoms with Crippen molar-refractivity contribution in [2.45, 2.75) is 63.6 Å². The second kappa shape index (κ2) is 13.8. The van der Waals surface area contributed by atoms with E-state index in [9.17, 15) is 28.3 Å². The summed E-state index contributed by atoms with van der Waals surface area (Å²) in [4.78, 5) is 42.6. The summed E-state index contributed by atoms with van der Waals surface area (Å²) >= 11 is 0. The average Bonchev–Trinajstić information content (AvgIpc) is 2.95. The van der Waals surface area contributed by atoms with Gasteiger partial charge in [0.1, 0.15) is 29.5 Å². The quantitative estimate of drug-likeness (QED) is 0.313. The summed E-state index contributed by atoms with van der Waals surface area (Å²) in [7, 11) is 2.89. The van der Waals surface area contributed by atoms with Crippen molar-refractivity contribution in [2.24, 2.45) is 11.5 Å². The Morgan fingerprint density at radius 2 is 1.19 bits per heavy atom. The van der Waals surface area contributed by atoms with Gasteiger partial charge >= 0.3 is 0 Å². The molecule has 0 fully saturated rings. The maximum absolute atomic E-state index is 14.0. The Morgan fingerprint density at radius 3 is 1.67 bits per heavy atom. The third-order valence-electron chi connectivity index (χ3n) is 7.57. The summed E-state index contributed by atoms with van der Waals surface area (Å²) in [5, 5.41) is 10.4. The molecule has 0 aliphatic rings. The zero-order chi connectivity index (χ0) is 32.1. The van der Waals surface area contributed by atoms with E-state index in [-0.39, 0.29) is 30.4 Å². The molecule has 0 aliphatic heterocycles. The first-order valence-corrected chi connectivity index (χ1v) is 14.0. The molecule has 230 valence electrons. The van der Waals surface area contributed by atoms with Gasteiger partial charge in [-0.3, -0.25) is 14.4 Å². The molecule has 3 aromatic carbocycles. The van der Waals surface area contributed by atoms with E-state index < -0.39 is 47.5 Å². The van der Waals surface area contributed by atoms with Crippen molar-refractivity contribution in [3.8, 4) is 5.75 Å². The lowest BCUT2D eigenvalue weighted by molar-refractivity contribution is -0.147. The fourth-order valence-electron chi connectivity index (χ4n) is 4.96. The Morgan fingerprint density at radius 1 is 0.744 bits per heavy atom. The number of carbonyl (C=O) groups is 3. The molecule has 0 saturated heterocycles. The molecule has 43 heavy (non-hydrogen) atoms. The first-order chi connectivity index (χ1) is 20.1. The number of nitrogens with zero attached hydrogens (tertiary/aromatic N) is 2. The van der Waals surface area contributed by atoms with Crippen molar-refractivity contribution < 1.29 is 28.3 Å². The SMILES string of the molecule is CN(C(=O)[C@@H](N)Cc1ccc(F)cc1)[C@H](Cc1ccc(F)cc1)C(=O)N(C)[C@@H](Cc1ccc(O)c(C(C)(C)C)c1)C(N)=O. The molecule has 0 aliphatic carbocycles. The molecule has 0 radical (unpaired) electrons. The van der Waals surface area contributed by atoms with E-state index in [1.807, 2.05) is 20.8 Å². The van der Waals surface area contributed by atoms with E-state index in [2.05, 4.69) is 0 Å². The average molecular weight is 595 g/mol. The normalized spacial score (nSPS) is 13.6. The fraction of sp³-hybridized carbons (Fsp3) is 0.364. The molecule has 3 aromatic rings. The molecule has 5 N–H and O–H groups in total. The van der Waals surface area contributed by atoms with Crippen LogP contribution in [-0.4, -0.2) is 64.8 Å². The Hall–Kier alpha value is -4.31. The van der Waals surface area contributed by atoms with Crippen LogP contribution in [0.25, 0.3) is 0 Å². The number of rotatable bonds is 11. The second-order valence-corrected chi connectivity index (χ2v) is 11.9. The number of hydrogen-bond donors (Lipinski definition) is 3. The molecule has 3 atom stereocenters. The number of nitrogens with two attached hydrogens (primary N) is 2. The van der Waals surface area contributed by atoms with Crippen LogP contribution in [0.2, 0.25) is 0 Å². The molecular weight excluding hydrogens is 554 g/mol. The monoisotopic (exact) mass is 594 g/mol. The van der Waals surface area contributed by atoms with E-state index in [0.29, 0.717) is 22.3 Å². The minimum atomic E-state index is -1.10. The van der Waals surface area contributed by atoms with Crippen LogP contribution in [0.3, 0.4) is 0 Å². The van der Waals surface area contributed by atoms with Gasteiger partial charge in [0.15, 0.2) is 0 Å². The number of amides is 3. The first kappa shape index (κ1) is 33.2. The molecule has 0 saturated carbocycles. The predicted molar refractivity (Wildman–Crippen MR) is 161 cm³/mol. The van der Waals surface area contributed by atoms with Crippen molar-refractivity contribution >= 4 is 17.7 Å². The van der Waals surface area contributed by atoms with Crippen LogP contribution in [-0.2, 0) is 39.1 Å². The van der Waals surface area contributed by atoms with Crippen molar-refractivity contribution in [1.82, 2.24) is 9.80 Å². The maximum atomic E-state index is 14.0. The zero-order valence-electron chi connectivity index (χ0n) is 25.2. The smallest absolute Gasteiger partial charge is 0.246 e. The first-order valence-electron chi connectivity index (χ1n) is 14.0. The number of carbonyl (C=O) groups excluding carboxylic acids is 3. The van der Waals surface area contributed by atoms with Crippen LogP contribution in [0.4, 0.5) is 8.78 Å². The summed E-state index contributed by atoms with van der Waals surface area (Å²) in [5.41, 5.74) is 14.2. The van der Waals surface area contributed by atoms with Gasteiger partial charge in [-0.15, -0.1) is 0 Å². The minimum absolute atomic E-state index is 0.0217. The summed E-state index contributed by atoms with van der Waals surface area (Å²) in [6, 6.07) is 12.9. The predicted octanol–water partition coefficient (Wildman–Crippen LogP) is 3.46. The molecule has 3 rings (SSSR count). The van der Waals surface area contributed by atoms with Crippen LogP contribution in [0.5, 0.6) is 5.75 Å². The molecular formula is C33H40F2N4O4. The van der Waals surface area contributed by atoms with Crippen LogP contribution in [0, 0.1) is 11.6 Å². The largest absolute Gasteiger partial charge is 0.508 e. The maximum Gasteiger partial charge on any atom is 0.246 e. The van der Waals surface area contributed by atoms with Crippen LogP contribution in [0.15, 0.2) is 66.7 Å². The highest BCUT2D eigenvalue weighted by molar-refractivity contribution is 5.93. The third-order valence-corrected chi connectivity index (χ3v) is 7.57. The number of likely N-dealkylation sites (N-methyl/N-ethyl adjacent to an activating group) is 2. The Kier molecular flexibility index (Phi) is 10.6. The van der Waals surface area contributed by atoms with Crippen molar-refractivity contribution in [3.05, 3.63) is 101 Å². The van der Waals surface area contributed by atoms with Gasteiger partial charge in [-0.1, -0.05) is 57.2 Å². The van der Waals surface area contributed by atoms with Crippen LogP contribution >= 0.6 is 0 Å². The highest BCUT2D eigenvalue weighted by Gasteiger charge is 2.36. The van der Waals surface area contributed by atoms with E-state index in [1.54, 1.807) is 18.2 Å². The van der Waals surface area contributed by atoms with Gasteiger partial charge in [-0.2, -0.15) is 0 Å². The van der Waals surface area contributed by atoms with Crippen LogP contribution < -0.4 is 11.5 Å². The Bertz CT molecular complexity index is 1440. The van der Waals surface area contributed by atoms with Gasteiger partial charge in [0.25, 0.3) is 0 Å². The van der Waals surface area contributed by atoms with Gasteiger partial charge in [0.2, 0.25) is 17.7 Å². The summed E-state index contributed by atoms with van der Waals surface area (Å²) in [5.74, 6) is -2.60. The van der Waals surface area contributed by atoms with Gasteiger partial charge < -0.3 is 26.4 Å². The summed E-state index contributed by atoms with van der Waals surface area (Å²) in [6.07, 6.45) is 0.206. The standard InChI is InChI=1S/C33H40F2N4O4/c1-33(2,3)25-16-22(10-15-29(25)40)19-27(30(37)41)38(4)32(43)28(18-21-8-13-24(35)14-9-21)39(5)31(42)26(36)17-20-6-11-23(34)12-7-20/h6-16,26-28,40H,17-19,36H2,1-5H3,(H2,37,41)/t26-,27-,28+/m0/s1. The topological polar surface area (TPSA) is 130 Å². The lowest BCUT2D eigenvalue weighted by Crippen LogP contribution is -2.57. The summed E-state index contributed by atoms with van der Waals surface area (Å²) in [6.45, 7) is 5.84. The van der Waals surface area contributed by atoms with E-state index >= 15 is 0 Å². The highest BCUT2D eigenvalue weighted by atomic mass is 19.1. The molecule has 8 nitrogen and oxygen atoms in total. The van der Waals surface area contributed by atoms with Crippen molar-refractivity contribution in [2.75, 3.05) is 14.1 Å². The van der Waals surface area contributed by atoms with E-state index in [1.165, 1.54) is 72.4 Å². The molecule has 0 heterocycles. The number of aromatic hydroxyl groups is 1. The lowest BCUT2D eigenvalue weighted by atomic mass is 9.84. The van der Waals surface area contributed by atoms with Crippen LogP contribution in [0.1, 0.15) is 43.0 Å². The number of halogens is 2. The second-order valence-electron chi connectivity index (χ2n) is 11.9. The Labute approximate surface area is 251 Å². The molecule has 10 heteroatoms. The fourth-order valence-corrected chi connectivity index (χ4v) is 4.96. The van der Waals surface area contributed by atoms with E-state index in [0.717, 1.165) is 0 Å². The zero-order valence-corrected chi connectivity index (χ0v) is 25.2.